The van der Waals surface area contributed by atoms with Gasteiger partial charge in [0.15, 0.2) is 0 Å². The number of hydrogen-bond donors (Lipinski definition) is 1. The Hall–Kier alpha value is -2.29. The van der Waals surface area contributed by atoms with Gasteiger partial charge in [0.1, 0.15) is 12.6 Å². The molecule has 204 valence electrons. The molecule has 0 saturated carbocycles. The molecule has 0 spiro atoms. The highest BCUT2D eigenvalue weighted by atomic mass is 35.5. The second-order valence-corrected chi connectivity index (χ2v) is 12.2. The zero-order chi connectivity index (χ0) is 27.9. The van der Waals surface area contributed by atoms with E-state index in [0.717, 1.165) is 22.5 Å². The lowest BCUT2D eigenvalue weighted by molar-refractivity contribution is -0.140. The van der Waals surface area contributed by atoms with E-state index in [4.69, 9.17) is 23.2 Å². The van der Waals surface area contributed by atoms with E-state index in [-0.39, 0.29) is 24.4 Å². The van der Waals surface area contributed by atoms with Crippen molar-refractivity contribution >= 4 is 50.7 Å². The minimum Gasteiger partial charge on any atom is -0.352 e. The summed E-state index contributed by atoms with van der Waals surface area (Å²) >= 11 is 12.5. The number of sulfonamides is 1. The number of nitrogens with one attached hydrogen (secondary N) is 1. The van der Waals surface area contributed by atoms with Gasteiger partial charge in [-0.15, -0.1) is 0 Å². The van der Waals surface area contributed by atoms with E-state index in [1.54, 1.807) is 30.3 Å². The molecule has 2 amide bonds. The molecular weight excluding hydrogens is 533 g/mol. The number of nitrogens with zero attached hydrogens (tertiary/aromatic N) is 2. The van der Waals surface area contributed by atoms with E-state index in [9.17, 15) is 18.0 Å². The van der Waals surface area contributed by atoms with Gasteiger partial charge in [-0.1, -0.05) is 75.2 Å². The summed E-state index contributed by atoms with van der Waals surface area (Å²) in [5, 5.41) is 3.75. The maximum atomic E-state index is 13.9. The summed E-state index contributed by atoms with van der Waals surface area (Å²) in [5.41, 5.74) is 1.84. The van der Waals surface area contributed by atoms with Crippen molar-refractivity contribution in [1.82, 2.24) is 10.2 Å². The van der Waals surface area contributed by atoms with E-state index < -0.39 is 28.5 Å². The molecule has 0 aliphatic heterocycles. The summed E-state index contributed by atoms with van der Waals surface area (Å²) in [4.78, 5) is 28.5. The van der Waals surface area contributed by atoms with E-state index in [0.29, 0.717) is 27.7 Å². The number of benzene rings is 2. The lowest BCUT2D eigenvalue weighted by Gasteiger charge is -2.34. The number of hydrogen-bond acceptors (Lipinski definition) is 4. The molecule has 7 nitrogen and oxygen atoms in total. The Balaban J connectivity index is 2.54. The molecule has 0 bridgehead atoms. The topological polar surface area (TPSA) is 86.8 Å². The van der Waals surface area contributed by atoms with Crippen molar-refractivity contribution in [2.24, 2.45) is 0 Å². The molecule has 37 heavy (non-hydrogen) atoms. The second kappa shape index (κ2) is 13.5. The third kappa shape index (κ3) is 8.35. The van der Waals surface area contributed by atoms with Gasteiger partial charge in [0, 0.05) is 22.6 Å². The summed E-state index contributed by atoms with van der Waals surface area (Å²) in [6.07, 6.45) is 2.14. The van der Waals surface area contributed by atoms with Crippen LogP contribution in [0.15, 0.2) is 42.5 Å². The zero-order valence-electron chi connectivity index (χ0n) is 22.3. The number of para-hydroxylation sites is 1. The quantitative estimate of drug-likeness (QED) is 0.360. The highest BCUT2D eigenvalue weighted by Crippen LogP contribution is 2.30. The van der Waals surface area contributed by atoms with Gasteiger partial charge in [0.05, 0.1) is 11.9 Å². The summed E-state index contributed by atoms with van der Waals surface area (Å²) in [5.74, 6) is -0.783. The number of carbonyl (C=O) groups excluding carboxylic acids is 2. The van der Waals surface area contributed by atoms with Gasteiger partial charge in [0.25, 0.3) is 0 Å². The van der Waals surface area contributed by atoms with Crippen molar-refractivity contribution in [2.75, 3.05) is 17.1 Å². The Morgan fingerprint density at radius 1 is 1.00 bits per heavy atom. The van der Waals surface area contributed by atoms with Crippen LogP contribution in [0.2, 0.25) is 10.0 Å². The number of rotatable bonds is 12. The molecule has 0 fully saturated rings. The SMILES string of the molecule is CC[C@@H](C)NC(=O)[C@@H](CC)N(Cc1ccc(Cl)cc1Cl)C(=O)CN(c1ccccc1C(C)C)S(C)(=O)=O. The normalized spacial score (nSPS) is 13.2. The first-order valence-electron chi connectivity index (χ1n) is 12.4. The van der Waals surface area contributed by atoms with Crippen LogP contribution in [0.4, 0.5) is 5.69 Å². The highest BCUT2D eigenvalue weighted by molar-refractivity contribution is 7.92. The van der Waals surface area contributed by atoms with Gasteiger partial charge in [-0.25, -0.2) is 8.42 Å². The minimum absolute atomic E-state index is 0.0185. The largest absolute Gasteiger partial charge is 0.352 e. The summed E-state index contributed by atoms with van der Waals surface area (Å²) in [6, 6.07) is 11.1. The van der Waals surface area contributed by atoms with Crippen LogP contribution < -0.4 is 9.62 Å². The van der Waals surface area contributed by atoms with Crippen LogP contribution in [0.1, 0.15) is 64.5 Å². The molecular formula is C27H37Cl2N3O4S. The van der Waals surface area contributed by atoms with Gasteiger partial charge in [-0.05, 0) is 55.0 Å². The molecule has 2 atom stereocenters. The highest BCUT2D eigenvalue weighted by Gasteiger charge is 2.33. The molecule has 0 radical (unpaired) electrons. The zero-order valence-corrected chi connectivity index (χ0v) is 24.6. The smallest absolute Gasteiger partial charge is 0.244 e. The average molecular weight is 571 g/mol. The number of carbonyl (C=O) groups is 2. The van der Waals surface area contributed by atoms with Crippen LogP contribution in [0.25, 0.3) is 0 Å². The number of anilines is 1. The Morgan fingerprint density at radius 2 is 1.65 bits per heavy atom. The van der Waals surface area contributed by atoms with Crippen LogP contribution in [0.5, 0.6) is 0 Å². The molecule has 0 aliphatic rings. The van der Waals surface area contributed by atoms with E-state index in [2.05, 4.69) is 5.32 Å². The molecule has 2 aromatic rings. The standard InChI is InChI=1S/C27H37Cl2N3O4S/c1-7-19(5)30-27(34)24(8-2)31(16-20-13-14-21(28)15-23(20)29)26(33)17-32(37(6,35)36)25-12-10-9-11-22(25)18(3)4/h9-15,18-19,24H,7-8,16-17H2,1-6H3,(H,30,34)/t19-,24-/m1/s1. The van der Waals surface area contributed by atoms with Crippen molar-refractivity contribution in [3.8, 4) is 0 Å². The lowest BCUT2D eigenvalue weighted by atomic mass is 10.0. The molecule has 1 N–H and O–H groups in total. The van der Waals surface area contributed by atoms with Crippen molar-refractivity contribution in [3.63, 3.8) is 0 Å². The number of halogens is 2. The fourth-order valence-corrected chi connectivity index (χ4v) is 5.33. The Labute approximate surface area is 231 Å². The minimum atomic E-state index is -3.82. The monoisotopic (exact) mass is 569 g/mol. The van der Waals surface area contributed by atoms with Crippen molar-refractivity contribution in [2.45, 2.75) is 72.0 Å². The van der Waals surface area contributed by atoms with Crippen LogP contribution in [0, 0.1) is 0 Å². The fraction of sp³-hybridized carbons (Fsp3) is 0.481. The molecule has 0 aromatic heterocycles. The van der Waals surface area contributed by atoms with Gasteiger partial charge < -0.3 is 10.2 Å². The van der Waals surface area contributed by atoms with Crippen LogP contribution in [0.3, 0.4) is 0 Å². The summed E-state index contributed by atoms with van der Waals surface area (Å²) in [7, 11) is -3.82. The average Bonchev–Trinajstić information content (AvgIpc) is 2.82. The Bertz CT molecular complexity index is 1200. The van der Waals surface area contributed by atoms with Crippen molar-refractivity contribution < 1.29 is 18.0 Å². The van der Waals surface area contributed by atoms with Gasteiger partial charge in [0.2, 0.25) is 21.8 Å². The summed E-state index contributed by atoms with van der Waals surface area (Å²) < 4.78 is 26.9. The third-order valence-corrected chi connectivity index (χ3v) is 7.96. The molecule has 10 heteroatoms. The van der Waals surface area contributed by atoms with E-state index >= 15 is 0 Å². The Kier molecular flexibility index (Phi) is 11.3. The van der Waals surface area contributed by atoms with Crippen LogP contribution in [-0.2, 0) is 26.2 Å². The van der Waals surface area contributed by atoms with E-state index in [1.165, 1.54) is 4.90 Å². The van der Waals surface area contributed by atoms with Crippen LogP contribution in [-0.4, -0.2) is 50.0 Å². The van der Waals surface area contributed by atoms with Gasteiger partial charge in [-0.3, -0.25) is 13.9 Å². The number of amides is 2. The van der Waals surface area contributed by atoms with Crippen molar-refractivity contribution in [3.05, 3.63) is 63.6 Å². The third-order valence-electron chi connectivity index (χ3n) is 6.25. The Morgan fingerprint density at radius 3 is 2.19 bits per heavy atom. The van der Waals surface area contributed by atoms with E-state index in [1.807, 2.05) is 46.8 Å². The van der Waals surface area contributed by atoms with Gasteiger partial charge in [-0.2, -0.15) is 0 Å². The predicted octanol–water partition coefficient (Wildman–Crippen LogP) is 5.60. The molecule has 0 unspecified atom stereocenters. The molecule has 0 aliphatic carbocycles. The summed E-state index contributed by atoms with van der Waals surface area (Å²) in [6.45, 7) is 9.14. The molecule has 2 rings (SSSR count). The lowest BCUT2D eigenvalue weighted by Crippen LogP contribution is -2.53. The fourth-order valence-electron chi connectivity index (χ4n) is 3.99. The second-order valence-electron chi connectivity index (χ2n) is 9.48. The first-order valence-corrected chi connectivity index (χ1v) is 15.0. The first-order chi connectivity index (χ1) is 17.3. The molecule has 0 heterocycles. The van der Waals surface area contributed by atoms with Crippen LogP contribution >= 0.6 is 23.2 Å². The first kappa shape index (κ1) is 30.9. The molecule has 2 aromatic carbocycles. The van der Waals surface area contributed by atoms with Crippen molar-refractivity contribution in [1.29, 1.82) is 0 Å². The molecule has 0 saturated heterocycles. The maximum absolute atomic E-state index is 13.9. The predicted molar refractivity (Wildman–Crippen MR) is 152 cm³/mol. The maximum Gasteiger partial charge on any atom is 0.244 e. The van der Waals surface area contributed by atoms with Gasteiger partial charge >= 0.3 is 0 Å².